The number of aromatic nitrogens is 2. The second-order valence-corrected chi connectivity index (χ2v) is 6.96. The van der Waals surface area contributed by atoms with Crippen LogP contribution in [0.25, 0.3) is 0 Å². The Balaban J connectivity index is 2.21. The van der Waals surface area contributed by atoms with E-state index in [9.17, 15) is 4.79 Å². The molecule has 1 aromatic heterocycles. The summed E-state index contributed by atoms with van der Waals surface area (Å²) < 4.78 is 5.35. The largest absolute Gasteiger partial charge is 0.497 e. The number of halogens is 1. The third kappa shape index (κ3) is 5.57. The minimum Gasteiger partial charge on any atom is -0.497 e. The molecular formula is C19H25ClN4O2S. The number of benzene rings is 1. The van der Waals surface area contributed by atoms with Crippen molar-refractivity contribution >= 4 is 29.3 Å². The van der Waals surface area contributed by atoms with Gasteiger partial charge in [0.05, 0.1) is 24.4 Å². The number of hydrogen-bond acceptors (Lipinski definition) is 6. The number of nitrogens with one attached hydrogen (secondary N) is 1. The van der Waals surface area contributed by atoms with Crippen molar-refractivity contribution in [1.82, 2.24) is 20.2 Å². The molecule has 0 saturated carbocycles. The van der Waals surface area contributed by atoms with Gasteiger partial charge in [-0.3, -0.25) is 9.69 Å². The molecule has 0 aliphatic heterocycles. The van der Waals surface area contributed by atoms with E-state index in [0.29, 0.717) is 11.7 Å². The smallest absolute Gasteiger partial charge is 0.271 e. The van der Waals surface area contributed by atoms with Gasteiger partial charge in [-0.25, -0.2) is 9.97 Å². The maximum atomic E-state index is 12.7. The van der Waals surface area contributed by atoms with E-state index in [-0.39, 0.29) is 22.7 Å². The number of carbonyl (C=O) groups excluding carboxylic acids is 1. The fourth-order valence-electron chi connectivity index (χ4n) is 2.85. The van der Waals surface area contributed by atoms with Gasteiger partial charge in [-0.2, -0.15) is 0 Å². The van der Waals surface area contributed by atoms with Crippen LogP contribution in [0.2, 0.25) is 5.02 Å². The van der Waals surface area contributed by atoms with Crippen molar-refractivity contribution in [2.75, 3.05) is 33.0 Å². The van der Waals surface area contributed by atoms with Crippen LogP contribution in [-0.2, 0) is 0 Å². The van der Waals surface area contributed by atoms with Crippen molar-refractivity contribution in [2.45, 2.75) is 25.0 Å². The molecule has 0 aliphatic rings. The van der Waals surface area contributed by atoms with Gasteiger partial charge in [0.2, 0.25) is 0 Å². The summed E-state index contributed by atoms with van der Waals surface area (Å²) in [5, 5.41) is 3.72. The van der Waals surface area contributed by atoms with E-state index >= 15 is 0 Å². The Kier molecular flexibility index (Phi) is 8.34. The summed E-state index contributed by atoms with van der Waals surface area (Å²) in [4.78, 5) is 23.2. The van der Waals surface area contributed by atoms with Gasteiger partial charge in [-0.1, -0.05) is 49.3 Å². The van der Waals surface area contributed by atoms with Crippen LogP contribution in [0.5, 0.6) is 5.75 Å². The van der Waals surface area contributed by atoms with E-state index in [4.69, 9.17) is 16.3 Å². The topological polar surface area (TPSA) is 67.4 Å². The molecule has 2 rings (SSSR count). The standard InChI is InChI=1S/C19H25ClN4O2S/c1-5-24(6-2)16(13-8-7-9-14(10-13)26-3)12-21-18(25)17-15(20)11-22-19(23-17)27-4/h7-11,16H,5-6,12H2,1-4H3,(H,21,25)/t16-/m0/s1. The summed E-state index contributed by atoms with van der Waals surface area (Å²) in [5.41, 5.74) is 1.27. The molecule has 0 unspecified atom stereocenters. The second kappa shape index (κ2) is 10.5. The van der Waals surface area contributed by atoms with E-state index in [0.717, 1.165) is 24.4 Å². The number of nitrogens with zero attached hydrogens (tertiary/aromatic N) is 3. The molecule has 0 bridgehead atoms. The first kappa shape index (κ1) is 21.5. The van der Waals surface area contributed by atoms with Crippen LogP contribution < -0.4 is 10.1 Å². The minimum atomic E-state index is -0.308. The lowest BCUT2D eigenvalue weighted by Crippen LogP contribution is -2.38. The highest BCUT2D eigenvalue weighted by Gasteiger charge is 2.21. The van der Waals surface area contributed by atoms with Crippen molar-refractivity contribution in [3.05, 3.63) is 46.7 Å². The molecule has 1 aromatic carbocycles. The second-order valence-electron chi connectivity index (χ2n) is 5.78. The van der Waals surface area contributed by atoms with Crippen LogP contribution in [0.1, 0.15) is 35.9 Å². The molecule has 1 atom stereocenters. The highest BCUT2D eigenvalue weighted by atomic mass is 35.5. The SMILES string of the molecule is CCN(CC)[C@@H](CNC(=O)c1nc(SC)ncc1Cl)c1cccc(OC)c1. The predicted octanol–water partition coefficient (Wildman–Crippen LogP) is 3.67. The highest BCUT2D eigenvalue weighted by Crippen LogP contribution is 2.24. The van der Waals surface area contributed by atoms with E-state index in [1.807, 2.05) is 30.5 Å². The third-order valence-corrected chi connectivity index (χ3v) is 5.15. The average molecular weight is 409 g/mol. The number of carbonyl (C=O) groups is 1. The molecule has 27 heavy (non-hydrogen) atoms. The van der Waals surface area contributed by atoms with Gasteiger partial charge in [0.15, 0.2) is 10.9 Å². The number of likely N-dealkylation sites (N-methyl/N-ethyl adjacent to an activating group) is 1. The molecule has 2 aromatic rings. The van der Waals surface area contributed by atoms with Crippen LogP contribution in [0, 0.1) is 0 Å². The molecule has 8 heteroatoms. The van der Waals surface area contributed by atoms with Crippen molar-refractivity contribution in [2.24, 2.45) is 0 Å². The molecule has 1 amide bonds. The van der Waals surface area contributed by atoms with Crippen LogP contribution in [-0.4, -0.2) is 53.8 Å². The molecule has 6 nitrogen and oxygen atoms in total. The summed E-state index contributed by atoms with van der Waals surface area (Å²) in [6.07, 6.45) is 3.31. The average Bonchev–Trinajstić information content (AvgIpc) is 2.71. The highest BCUT2D eigenvalue weighted by molar-refractivity contribution is 7.98. The summed E-state index contributed by atoms with van der Waals surface area (Å²) in [5.74, 6) is 0.484. The van der Waals surface area contributed by atoms with Crippen molar-refractivity contribution in [3.8, 4) is 5.75 Å². The van der Waals surface area contributed by atoms with E-state index in [1.165, 1.54) is 18.0 Å². The number of hydrogen-bond donors (Lipinski definition) is 1. The van der Waals surface area contributed by atoms with Gasteiger partial charge in [-0.15, -0.1) is 0 Å². The first-order valence-corrected chi connectivity index (χ1v) is 10.4. The number of amides is 1. The molecule has 0 aliphatic carbocycles. The maximum Gasteiger partial charge on any atom is 0.271 e. The summed E-state index contributed by atoms with van der Waals surface area (Å²) >= 11 is 7.48. The molecule has 0 fully saturated rings. The van der Waals surface area contributed by atoms with Gasteiger partial charge >= 0.3 is 0 Å². The monoisotopic (exact) mass is 408 g/mol. The molecule has 1 N–H and O–H groups in total. The van der Waals surface area contributed by atoms with Crippen LogP contribution in [0.4, 0.5) is 0 Å². The van der Waals surface area contributed by atoms with Crippen LogP contribution in [0.15, 0.2) is 35.6 Å². The number of methoxy groups -OCH3 is 1. The Bertz CT molecular complexity index is 771. The fourth-order valence-corrected chi connectivity index (χ4v) is 3.37. The van der Waals surface area contributed by atoms with Gasteiger partial charge in [0, 0.05) is 6.54 Å². The van der Waals surface area contributed by atoms with Crippen LogP contribution in [0.3, 0.4) is 0 Å². The van der Waals surface area contributed by atoms with E-state index < -0.39 is 0 Å². The molecule has 1 heterocycles. The van der Waals surface area contributed by atoms with Gasteiger partial charge in [0.1, 0.15) is 5.75 Å². The van der Waals surface area contributed by atoms with Crippen molar-refractivity contribution < 1.29 is 9.53 Å². The summed E-state index contributed by atoms with van der Waals surface area (Å²) in [6, 6.07) is 7.92. The summed E-state index contributed by atoms with van der Waals surface area (Å²) in [7, 11) is 1.65. The predicted molar refractivity (Wildman–Crippen MR) is 110 cm³/mol. The van der Waals surface area contributed by atoms with E-state index in [2.05, 4.69) is 34.0 Å². The Labute approximate surface area is 169 Å². The molecule has 0 radical (unpaired) electrons. The van der Waals surface area contributed by atoms with Gasteiger partial charge in [-0.05, 0) is 37.0 Å². The van der Waals surface area contributed by atoms with Gasteiger partial charge in [0.25, 0.3) is 5.91 Å². The number of ether oxygens (including phenoxy) is 1. The Morgan fingerprint density at radius 2 is 2.11 bits per heavy atom. The zero-order valence-corrected chi connectivity index (χ0v) is 17.6. The van der Waals surface area contributed by atoms with Crippen LogP contribution >= 0.6 is 23.4 Å². The quantitative estimate of drug-likeness (QED) is 0.504. The van der Waals surface area contributed by atoms with Crippen molar-refractivity contribution in [3.63, 3.8) is 0 Å². The molecule has 0 saturated heterocycles. The lowest BCUT2D eigenvalue weighted by atomic mass is 10.0. The molecule has 146 valence electrons. The zero-order chi connectivity index (χ0) is 19.8. The molecule has 0 spiro atoms. The minimum absolute atomic E-state index is 0.0136. The number of rotatable bonds is 9. The lowest BCUT2D eigenvalue weighted by Gasteiger charge is -2.30. The Morgan fingerprint density at radius 3 is 2.74 bits per heavy atom. The zero-order valence-electron chi connectivity index (χ0n) is 16.0. The van der Waals surface area contributed by atoms with Gasteiger partial charge < -0.3 is 10.1 Å². The number of thioether (sulfide) groups is 1. The fraction of sp³-hybridized carbons (Fsp3) is 0.421. The van der Waals surface area contributed by atoms with Crippen molar-refractivity contribution in [1.29, 1.82) is 0 Å². The third-order valence-electron chi connectivity index (χ3n) is 4.31. The first-order valence-electron chi connectivity index (χ1n) is 8.76. The lowest BCUT2D eigenvalue weighted by molar-refractivity contribution is 0.0929. The Morgan fingerprint density at radius 1 is 1.37 bits per heavy atom. The Hall–Kier alpha value is -1.83. The normalized spacial score (nSPS) is 12.1. The van der Waals surface area contributed by atoms with E-state index in [1.54, 1.807) is 7.11 Å². The molecular weight excluding hydrogens is 384 g/mol. The summed E-state index contributed by atoms with van der Waals surface area (Å²) in [6.45, 7) is 6.36. The first-order chi connectivity index (χ1) is 13.0. The maximum absolute atomic E-state index is 12.7.